The molecule has 1 aromatic rings. The zero-order valence-corrected chi connectivity index (χ0v) is 16.2. The summed E-state index contributed by atoms with van der Waals surface area (Å²) in [5.41, 5.74) is 5.45. The third-order valence-corrected chi connectivity index (χ3v) is 4.41. The fourth-order valence-electron chi connectivity index (χ4n) is 2.92. The van der Waals surface area contributed by atoms with Crippen molar-refractivity contribution in [1.82, 2.24) is 5.32 Å². The molecule has 1 heterocycles. The Bertz CT molecular complexity index is 805. The van der Waals surface area contributed by atoms with Crippen LogP contribution >= 0.6 is 0 Å². The number of primary amides is 1. The largest absolute Gasteiger partial charge is 0.480 e. The summed E-state index contributed by atoms with van der Waals surface area (Å²) in [5, 5.41) is 11.5. The molecule has 1 aliphatic heterocycles. The standard InChI is InChI=1S/C19H25N3O6/c1-11-4-6-14-13(10-11)22(18(27)19(2,3)28-14)9-8-16(24)21-12(17(25)26)5-7-15(20)23/h4,6,10,12H,5,7-9H2,1-3H3,(H2,20,23)(H,21,24)(H,25,26). The van der Waals surface area contributed by atoms with Crippen molar-refractivity contribution in [3.63, 3.8) is 0 Å². The van der Waals surface area contributed by atoms with Crippen LogP contribution < -0.4 is 20.7 Å². The maximum atomic E-state index is 12.8. The Hall–Kier alpha value is -3.10. The fourth-order valence-corrected chi connectivity index (χ4v) is 2.92. The molecule has 152 valence electrons. The van der Waals surface area contributed by atoms with Gasteiger partial charge in [0, 0.05) is 19.4 Å². The normalized spacial score (nSPS) is 16.0. The summed E-state index contributed by atoms with van der Waals surface area (Å²) < 4.78 is 5.76. The molecule has 9 heteroatoms. The number of anilines is 1. The van der Waals surface area contributed by atoms with E-state index in [9.17, 15) is 24.3 Å². The fraction of sp³-hybridized carbons (Fsp3) is 0.474. The van der Waals surface area contributed by atoms with E-state index in [1.807, 2.05) is 13.0 Å². The van der Waals surface area contributed by atoms with Crippen LogP contribution in [0.3, 0.4) is 0 Å². The highest BCUT2D eigenvalue weighted by atomic mass is 16.5. The Labute approximate surface area is 162 Å². The summed E-state index contributed by atoms with van der Waals surface area (Å²) in [7, 11) is 0. The number of carbonyl (C=O) groups excluding carboxylic acids is 3. The van der Waals surface area contributed by atoms with Crippen molar-refractivity contribution in [2.45, 2.75) is 51.7 Å². The van der Waals surface area contributed by atoms with Crippen LogP contribution in [0, 0.1) is 6.92 Å². The van der Waals surface area contributed by atoms with E-state index in [1.54, 1.807) is 26.0 Å². The number of nitrogens with zero attached hydrogens (tertiary/aromatic N) is 1. The number of hydrogen-bond donors (Lipinski definition) is 3. The van der Waals surface area contributed by atoms with Gasteiger partial charge in [-0.15, -0.1) is 0 Å². The van der Waals surface area contributed by atoms with Gasteiger partial charge in [-0.05, 0) is 44.9 Å². The van der Waals surface area contributed by atoms with E-state index in [4.69, 9.17) is 10.5 Å². The number of aryl methyl sites for hydroxylation is 1. The number of aliphatic carboxylic acids is 1. The monoisotopic (exact) mass is 391 g/mol. The molecule has 0 aliphatic carbocycles. The second-order valence-corrected chi connectivity index (χ2v) is 7.25. The summed E-state index contributed by atoms with van der Waals surface area (Å²) >= 11 is 0. The number of rotatable bonds is 8. The lowest BCUT2D eigenvalue weighted by Crippen LogP contribution is -2.53. The van der Waals surface area contributed by atoms with Gasteiger partial charge in [0.15, 0.2) is 5.60 Å². The third-order valence-electron chi connectivity index (χ3n) is 4.41. The van der Waals surface area contributed by atoms with Crippen molar-refractivity contribution < 1.29 is 29.0 Å². The molecule has 0 bridgehead atoms. The first-order valence-corrected chi connectivity index (χ1v) is 8.93. The van der Waals surface area contributed by atoms with Gasteiger partial charge in [-0.1, -0.05) is 6.07 Å². The lowest BCUT2D eigenvalue weighted by Gasteiger charge is -2.39. The van der Waals surface area contributed by atoms with Gasteiger partial charge in [0.2, 0.25) is 11.8 Å². The number of nitrogens with two attached hydrogens (primary N) is 1. The van der Waals surface area contributed by atoms with Gasteiger partial charge in [-0.2, -0.15) is 0 Å². The van der Waals surface area contributed by atoms with Gasteiger partial charge >= 0.3 is 5.97 Å². The van der Waals surface area contributed by atoms with Crippen LogP contribution in [0.5, 0.6) is 5.75 Å². The van der Waals surface area contributed by atoms with Crippen LogP contribution in [0.25, 0.3) is 0 Å². The van der Waals surface area contributed by atoms with Crippen LogP contribution in [0.4, 0.5) is 5.69 Å². The van der Waals surface area contributed by atoms with Gasteiger partial charge in [-0.3, -0.25) is 14.4 Å². The van der Waals surface area contributed by atoms with Crippen molar-refractivity contribution in [2.75, 3.05) is 11.4 Å². The van der Waals surface area contributed by atoms with E-state index in [-0.39, 0.29) is 31.7 Å². The Morgan fingerprint density at radius 1 is 1.29 bits per heavy atom. The van der Waals surface area contributed by atoms with Gasteiger partial charge in [0.25, 0.3) is 5.91 Å². The molecule has 1 aliphatic rings. The van der Waals surface area contributed by atoms with Crippen LogP contribution in [-0.4, -0.2) is 47.0 Å². The Morgan fingerprint density at radius 3 is 2.57 bits per heavy atom. The second kappa shape index (κ2) is 8.28. The van der Waals surface area contributed by atoms with Crippen LogP contribution in [-0.2, 0) is 19.2 Å². The van der Waals surface area contributed by atoms with Crippen molar-refractivity contribution in [2.24, 2.45) is 5.73 Å². The summed E-state index contributed by atoms with van der Waals surface area (Å²) in [6.07, 6.45) is -0.350. The number of ether oxygens (including phenoxy) is 1. The van der Waals surface area contributed by atoms with Gasteiger partial charge in [0.1, 0.15) is 11.8 Å². The quantitative estimate of drug-likeness (QED) is 0.597. The number of fused-ring (bicyclic) bond motifs is 1. The maximum Gasteiger partial charge on any atom is 0.326 e. The molecule has 3 amide bonds. The van der Waals surface area contributed by atoms with Crippen molar-refractivity contribution in [3.8, 4) is 5.75 Å². The zero-order valence-electron chi connectivity index (χ0n) is 16.2. The first-order chi connectivity index (χ1) is 13.0. The molecule has 0 saturated carbocycles. The highest BCUT2D eigenvalue weighted by Gasteiger charge is 2.40. The molecule has 0 spiro atoms. The lowest BCUT2D eigenvalue weighted by atomic mass is 10.0. The van der Waals surface area contributed by atoms with E-state index in [1.165, 1.54) is 4.90 Å². The molecule has 0 aromatic heterocycles. The van der Waals surface area contributed by atoms with Crippen molar-refractivity contribution >= 4 is 29.4 Å². The molecule has 0 fully saturated rings. The summed E-state index contributed by atoms with van der Waals surface area (Å²) in [5.74, 6) is -2.18. The highest BCUT2D eigenvalue weighted by Crippen LogP contribution is 2.38. The lowest BCUT2D eigenvalue weighted by molar-refractivity contribution is -0.142. The van der Waals surface area contributed by atoms with Crippen molar-refractivity contribution in [3.05, 3.63) is 23.8 Å². The predicted octanol–water partition coefficient (Wildman–Crippen LogP) is 0.724. The van der Waals surface area contributed by atoms with Gasteiger partial charge in [-0.25, -0.2) is 4.79 Å². The summed E-state index contributed by atoms with van der Waals surface area (Å²) in [6.45, 7) is 5.24. The molecule has 0 saturated heterocycles. The van der Waals surface area contributed by atoms with Crippen LogP contribution in [0.1, 0.15) is 38.7 Å². The smallest absolute Gasteiger partial charge is 0.326 e. The number of carbonyl (C=O) groups is 4. The number of carboxylic acid groups (broad SMARTS) is 1. The minimum atomic E-state index is -1.25. The Kier molecular flexibility index (Phi) is 6.27. The van der Waals surface area contributed by atoms with Crippen molar-refractivity contribution in [1.29, 1.82) is 0 Å². The molecular weight excluding hydrogens is 366 g/mol. The van der Waals surface area contributed by atoms with E-state index in [0.717, 1.165) is 5.56 Å². The molecule has 28 heavy (non-hydrogen) atoms. The van der Waals surface area contributed by atoms with Gasteiger partial charge in [0.05, 0.1) is 5.69 Å². The summed E-state index contributed by atoms with van der Waals surface area (Å²) in [4.78, 5) is 48.6. The molecule has 1 aromatic carbocycles. The molecule has 9 nitrogen and oxygen atoms in total. The molecule has 1 unspecified atom stereocenters. The number of carboxylic acids is 1. The molecular formula is C19H25N3O6. The van der Waals surface area contributed by atoms with E-state index in [0.29, 0.717) is 11.4 Å². The predicted molar refractivity (Wildman–Crippen MR) is 101 cm³/mol. The molecule has 2 rings (SSSR count). The average Bonchev–Trinajstić information content (AvgIpc) is 2.59. The highest BCUT2D eigenvalue weighted by molar-refractivity contribution is 6.02. The number of amides is 3. The minimum absolute atomic E-state index is 0.0655. The number of nitrogens with one attached hydrogen (secondary N) is 1. The average molecular weight is 391 g/mol. The molecule has 0 radical (unpaired) electrons. The third kappa shape index (κ3) is 4.99. The van der Waals surface area contributed by atoms with E-state index in [2.05, 4.69) is 5.32 Å². The maximum absolute atomic E-state index is 12.8. The Morgan fingerprint density at radius 2 is 1.96 bits per heavy atom. The minimum Gasteiger partial charge on any atom is -0.480 e. The van der Waals surface area contributed by atoms with E-state index >= 15 is 0 Å². The van der Waals surface area contributed by atoms with Crippen LogP contribution in [0.2, 0.25) is 0 Å². The number of benzene rings is 1. The molecule has 1 atom stereocenters. The zero-order chi connectivity index (χ0) is 21.1. The van der Waals surface area contributed by atoms with Gasteiger partial charge < -0.3 is 25.8 Å². The first kappa shape index (κ1) is 21.2. The SMILES string of the molecule is Cc1ccc2c(c1)N(CCC(=O)NC(CCC(N)=O)C(=O)O)C(=O)C(C)(C)O2. The molecule has 4 N–H and O–H groups in total. The second-order valence-electron chi connectivity index (χ2n) is 7.25. The first-order valence-electron chi connectivity index (χ1n) is 8.93. The van der Waals surface area contributed by atoms with Crippen LogP contribution in [0.15, 0.2) is 18.2 Å². The topological polar surface area (TPSA) is 139 Å². The number of hydrogen-bond acceptors (Lipinski definition) is 5. The summed E-state index contributed by atoms with van der Waals surface area (Å²) in [6, 6.07) is 4.22. The Balaban J connectivity index is 2.09. The van der Waals surface area contributed by atoms with E-state index < -0.39 is 29.4 Å².